The molecule has 1 atom stereocenters. The average molecular weight is 222 g/mol. The lowest BCUT2D eigenvalue weighted by Gasteiger charge is -2.38. The molecule has 1 heterocycles. The molecule has 1 aliphatic rings. The van der Waals surface area contributed by atoms with Crippen LogP contribution in [0.1, 0.15) is 31.4 Å². The van der Waals surface area contributed by atoms with Gasteiger partial charge < -0.3 is 4.74 Å². The lowest BCUT2D eigenvalue weighted by atomic mass is 9.94. The number of ether oxygens (including phenoxy) is 1. The summed E-state index contributed by atoms with van der Waals surface area (Å²) in [7, 11) is 1.74. The molecule has 0 aromatic heterocycles. The first-order valence-electron chi connectivity index (χ1n) is 5.51. The van der Waals surface area contributed by atoms with Crippen molar-refractivity contribution in [3.8, 4) is 5.75 Å². The van der Waals surface area contributed by atoms with Crippen molar-refractivity contribution in [3.05, 3.63) is 29.3 Å². The Morgan fingerprint density at radius 2 is 2.20 bits per heavy atom. The first-order chi connectivity index (χ1) is 7.19. The highest BCUT2D eigenvalue weighted by Crippen LogP contribution is 2.49. The number of benzene rings is 1. The summed E-state index contributed by atoms with van der Waals surface area (Å²) in [5, 5.41) is 0. The van der Waals surface area contributed by atoms with E-state index in [9.17, 15) is 0 Å². The summed E-state index contributed by atoms with van der Waals surface area (Å²) in [6, 6.07) is 6.63. The van der Waals surface area contributed by atoms with E-state index in [1.807, 2.05) is 0 Å². The number of methoxy groups -OCH3 is 1. The Morgan fingerprint density at radius 3 is 2.67 bits per heavy atom. The van der Waals surface area contributed by atoms with Gasteiger partial charge in [-0.15, -0.1) is 0 Å². The van der Waals surface area contributed by atoms with Gasteiger partial charge in [-0.3, -0.25) is 0 Å². The van der Waals surface area contributed by atoms with Crippen molar-refractivity contribution in [2.45, 2.75) is 31.4 Å². The molecule has 82 valence electrons. The molecule has 0 amide bonds. The van der Waals surface area contributed by atoms with Gasteiger partial charge in [0.1, 0.15) is 5.75 Å². The summed E-state index contributed by atoms with van der Waals surface area (Å²) in [6.07, 6.45) is 2.34. The molecule has 15 heavy (non-hydrogen) atoms. The van der Waals surface area contributed by atoms with Gasteiger partial charge in [-0.05, 0) is 42.7 Å². The minimum atomic E-state index is 0.357. The van der Waals surface area contributed by atoms with Crippen molar-refractivity contribution in [2.75, 3.05) is 12.9 Å². The van der Waals surface area contributed by atoms with Crippen LogP contribution in [0.25, 0.3) is 0 Å². The highest BCUT2D eigenvalue weighted by molar-refractivity contribution is 8.01. The minimum absolute atomic E-state index is 0.357. The lowest BCUT2D eigenvalue weighted by molar-refractivity contribution is 0.409. The number of thioether (sulfide) groups is 1. The largest absolute Gasteiger partial charge is 0.496 e. The van der Waals surface area contributed by atoms with Gasteiger partial charge in [-0.25, -0.2) is 0 Å². The van der Waals surface area contributed by atoms with E-state index in [4.69, 9.17) is 4.74 Å². The van der Waals surface area contributed by atoms with E-state index in [0.29, 0.717) is 4.75 Å². The maximum Gasteiger partial charge on any atom is 0.122 e. The van der Waals surface area contributed by atoms with Crippen LogP contribution < -0.4 is 4.74 Å². The highest BCUT2D eigenvalue weighted by atomic mass is 32.2. The topological polar surface area (TPSA) is 9.23 Å². The fraction of sp³-hybridized carbons (Fsp3) is 0.538. The molecule has 1 aliphatic heterocycles. The molecule has 1 saturated heterocycles. The van der Waals surface area contributed by atoms with Gasteiger partial charge in [0, 0.05) is 4.75 Å². The fourth-order valence-electron chi connectivity index (χ4n) is 2.02. The number of aryl methyl sites for hydroxylation is 1. The quantitative estimate of drug-likeness (QED) is 0.772. The van der Waals surface area contributed by atoms with Gasteiger partial charge in [0.15, 0.2) is 0 Å². The van der Waals surface area contributed by atoms with Crippen LogP contribution >= 0.6 is 11.8 Å². The van der Waals surface area contributed by atoms with E-state index in [0.717, 1.165) is 12.2 Å². The minimum Gasteiger partial charge on any atom is -0.496 e. The van der Waals surface area contributed by atoms with E-state index in [-0.39, 0.29) is 0 Å². The Balaban J connectivity index is 2.34. The number of hydrogen-bond donors (Lipinski definition) is 0. The molecule has 0 radical (unpaired) electrons. The molecule has 0 aliphatic carbocycles. The van der Waals surface area contributed by atoms with Crippen LogP contribution in [0.4, 0.5) is 0 Å². The second kappa shape index (κ2) is 4.09. The Bertz CT molecular complexity index is 356. The molecule has 1 fully saturated rings. The Labute approximate surface area is 96.2 Å². The van der Waals surface area contributed by atoms with Crippen molar-refractivity contribution in [1.29, 1.82) is 0 Å². The van der Waals surface area contributed by atoms with Gasteiger partial charge >= 0.3 is 0 Å². The van der Waals surface area contributed by atoms with Crippen LogP contribution in [-0.2, 0) is 11.2 Å². The zero-order valence-corrected chi connectivity index (χ0v) is 10.5. The molecule has 1 nitrogen and oxygen atoms in total. The Hall–Kier alpha value is -0.630. The van der Waals surface area contributed by atoms with Crippen molar-refractivity contribution in [2.24, 2.45) is 0 Å². The van der Waals surface area contributed by atoms with Crippen molar-refractivity contribution >= 4 is 11.8 Å². The molecule has 2 heteroatoms. The van der Waals surface area contributed by atoms with E-state index in [1.54, 1.807) is 7.11 Å². The van der Waals surface area contributed by atoms with Gasteiger partial charge in [0.25, 0.3) is 0 Å². The smallest absolute Gasteiger partial charge is 0.122 e. The van der Waals surface area contributed by atoms with Crippen LogP contribution in [0.15, 0.2) is 18.2 Å². The second-order valence-electron chi connectivity index (χ2n) is 4.21. The molecule has 1 aromatic rings. The molecule has 0 spiro atoms. The zero-order valence-electron chi connectivity index (χ0n) is 9.67. The van der Waals surface area contributed by atoms with Crippen molar-refractivity contribution in [1.82, 2.24) is 0 Å². The average Bonchev–Trinajstić information content (AvgIpc) is 2.25. The van der Waals surface area contributed by atoms with Gasteiger partial charge in [0.2, 0.25) is 0 Å². The maximum absolute atomic E-state index is 5.35. The third-order valence-corrected chi connectivity index (χ3v) is 4.76. The van der Waals surface area contributed by atoms with Gasteiger partial charge in [0.05, 0.1) is 7.11 Å². The summed E-state index contributed by atoms with van der Waals surface area (Å²) in [5.41, 5.74) is 2.78. The normalized spacial score (nSPS) is 24.7. The van der Waals surface area contributed by atoms with Crippen LogP contribution in [0.2, 0.25) is 0 Å². The van der Waals surface area contributed by atoms with Crippen LogP contribution in [-0.4, -0.2) is 12.9 Å². The summed E-state index contributed by atoms with van der Waals surface area (Å²) >= 11 is 2.05. The first-order valence-corrected chi connectivity index (χ1v) is 6.49. The van der Waals surface area contributed by atoms with Crippen LogP contribution in [0.5, 0.6) is 5.75 Å². The summed E-state index contributed by atoms with van der Waals surface area (Å²) in [5.74, 6) is 2.32. The molecular formula is C13H18OS. The zero-order chi connectivity index (χ0) is 10.9. The summed E-state index contributed by atoms with van der Waals surface area (Å²) in [6.45, 7) is 4.51. The van der Waals surface area contributed by atoms with E-state index in [2.05, 4.69) is 43.8 Å². The van der Waals surface area contributed by atoms with Crippen LogP contribution in [0, 0.1) is 0 Å². The van der Waals surface area contributed by atoms with Gasteiger partial charge in [-0.2, -0.15) is 11.8 Å². The lowest BCUT2D eigenvalue weighted by Crippen LogP contribution is -2.27. The van der Waals surface area contributed by atoms with Gasteiger partial charge in [-0.1, -0.05) is 19.1 Å². The molecule has 1 unspecified atom stereocenters. The van der Waals surface area contributed by atoms with Crippen molar-refractivity contribution in [3.63, 3.8) is 0 Å². The second-order valence-corrected chi connectivity index (χ2v) is 5.81. The Kier molecular flexibility index (Phi) is 2.96. The molecule has 0 saturated carbocycles. The number of rotatable bonds is 3. The molecule has 1 aromatic carbocycles. The first kappa shape index (κ1) is 10.9. The molecule has 0 N–H and O–H groups in total. The highest BCUT2D eigenvalue weighted by Gasteiger charge is 2.34. The van der Waals surface area contributed by atoms with Crippen LogP contribution in [0.3, 0.4) is 0 Å². The van der Waals surface area contributed by atoms with E-state index >= 15 is 0 Å². The monoisotopic (exact) mass is 222 g/mol. The maximum atomic E-state index is 5.35. The molecule has 0 bridgehead atoms. The SMILES string of the molecule is CCc1cc(C2(C)CCS2)ccc1OC. The summed E-state index contributed by atoms with van der Waals surface area (Å²) < 4.78 is 5.71. The third-order valence-electron chi connectivity index (χ3n) is 3.27. The van der Waals surface area contributed by atoms with E-state index in [1.165, 1.54) is 23.3 Å². The molecular weight excluding hydrogens is 204 g/mol. The predicted octanol–water partition coefficient (Wildman–Crippen LogP) is 3.61. The summed E-state index contributed by atoms with van der Waals surface area (Å²) in [4.78, 5) is 0. The Morgan fingerprint density at radius 1 is 1.47 bits per heavy atom. The number of hydrogen-bond acceptors (Lipinski definition) is 2. The predicted molar refractivity (Wildman–Crippen MR) is 66.8 cm³/mol. The fourth-order valence-corrected chi connectivity index (χ4v) is 3.13. The van der Waals surface area contributed by atoms with Crippen molar-refractivity contribution < 1.29 is 4.74 Å². The molecule has 2 rings (SSSR count). The standard InChI is InChI=1S/C13H18OS/c1-4-10-9-11(5-6-12(10)14-3)13(2)7-8-15-13/h5-6,9H,4,7-8H2,1-3H3. The van der Waals surface area contributed by atoms with E-state index < -0.39 is 0 Å². The third kappa shape index (κ3) is 1.87.